The Hall–Kier alpha value is -1.16. The van der Waals surface area contributed by atoms with Crippen LogP contribution in [-0.2, 0) is 4.74 Å². The highest BCUT2D eigenvalue weighted by Gasteiger charge is 2.12. The van der Waals surface area contributed by atoms with Crippen molar-refractivity contribution < 1.29 is 14.6 Å². The summed E-state index contributed by atoms with van der Waals surface area (Å²) < 4.78 is 4.80. The Bertz CT molecular complexity index is 350. The van der Waals surface area contributed by atoms with Crippen molar-refractivity contribution in [2.75, 3.05) is 12.4 Å². The average molecular weight is 226 g/mol. The summed E-state index contributed by atoms with van der Waals surface area (Å²) in [6, 6.07) is 4.98. The van der Waals surface area contributed by atoms with Gasteiger partial charge >= 0.3 is 5.97 Å². The van der Waals surface area contributed by atoms with Crippen LogP contribution in [0, 0.1) is 0 Å². The number of ether oxygens (including phenoxy) is 1. The van der Waals surface area contributed by atoms with E-state index >= 15 is 0 Å². The standard InChI is InChI=1S/C11H14O3S/c1-3-14-11(13)9-6-5-8(15-4-2)7-10(9)12/h5-7,12H,3-4H2,1-2H3. The van der Waals surface area contributed by atoms with E-state index in [4.69, 9.17) is 4.74 Å². The van der Waals surface area contributed by atoms with Crippen molar-refractivity contribution in [3.8, 4) is 5.75 Å². The van der Waals surface area contributed by atoms with Crippen LogP contribution in [0.2, 0.25) is 0 Å². The molecule has 0 unspecified atom stereocenters. The summed E-state index contributed by atoms with van der Waals surface area (Å²) in [4.78, 5) is 12.3. The van der Waals surface area contributed by atoms with Gasteiger partial charge in [0.15, 0.2) is 0 Å². The van der Waals surface area contributed by atoms with E-state index in [9.17, 15) is 9.90 Å². The summed E-state index contributed by atoms with van der Waals surface area (Å²) in [5.74, 6) is 0.424. The van der Waals surface area contributed by atoms with Crippen molar-refractivity contribution in [1.29, 1.82) is 0 Å². The number of carbonyl (C=O) groups is 1. The van der Waals surface area contributed by atoms with Crippen molar-refractivity contribution in [1.82, 2.24) is 0 Å². The topological polar surface area (TPSA) is 46.5 Å². The summed E-state index contributed by atoms with van der Waals surface area (Å²) in [7, 11) is 0. The minimum Gasteiger partial charge on any atom is -0.507 e. The third-order valence-electron chi connectivity index (χ3n) is 1.78. The van der Waals surface area contributed by atoms with Gasteiger partial charge in [0.25, 0.3) is 0 Å². The number of aromatic hydroxyl groups is 1. The maximum Gasteiger partial charge on any atom is 0.341 e. The maximum atomic E-state index is 11.3. The number of hydrogen-bond donors (Lipinski definition) is 1. The second-order valence-electron chi connectivity index (χ2n) is 2.83. The van der Waals surface area contributed by atoms with Crippen LogP contribution in [0.3, 0.4) is 0 Å². The summed E-state index contributed by atoms with van der Waals surface area (Å²) in [6.07, 6.45) is 0. The zero-order valence-electron chi connectivity index (χ0n) is 8.82. The first-order valence-corrected chi connectivity index (χ1v) is 5.80. The SMILES string of the molecule is CCOC(=O)c1ccc(SCC)cc1O. The van der Waals surface area contributed by atoms with Crippen LogP contribution in [0.1, 0.15) is 24.2 Å². The molecule has 0 bridgehead atoms. The highest BCUT2D eigenvalue weighted by atomic mass is 32.2. The molecule has 82 valence electrons. The molecule has 15 heavy (non-hydrogen) atoms. The molecule has 3 nitrogen and oxygen atoms in total. The first-order valence-electron chi connectivity index (χ1n) is 4.82. The van der Waals surface area contributed by atoms with Crippen molar-refractivity contribution in [2.45, 2.75) is 18.7 Å². The monoisotopic (exact) mass is 226 g/mol. The van der Waals surface area contributed by atoms with E-state index in [2.05, 4.69) is 0 Å². The molecule has 4 heteroatoms. The third kappa shape index (κ3) is 3.16. The van der Waals surface area contributed by atoms with Gasteiger partial charge in [-0.3, -0.25) is 0 Å². The fourth-order valence-corrected chi connectivity index (χ4v) is 1.84. The molecule has 0 saturated heterocycles. The molecule has 0 aliphatic carbocycles. The van der Waals surface area contributed by atoms with Gasteiger partial charge in [-0.1, -0.05) is 6.92 Å². The second kappa shape index (κ2) is 5.66. The Morgan fingerprint density at radius 3 is 2.73 bits per heavy atom. The predicted molar refractivity (Wildman–Crippen MR) is 60.5 cm³/mol. The second-order valence-corrected chi connectivity index (χ2v) is 4.17. The molecule has 1 aromatic carbocycles. The Kier molecular flexibility index (Phi) is 4.49. The first-order chi connectivity index (χ1) is 7.19. The van der Waals surface area contributed by atoms with Gasteiger partial charge in [-0.2, -0.15) is 0 Å². The molecule has 0 aliphatic heterocycles. The van der Waals surface area contributed by atoms with Crippen molar-refractivity contribution in [2.24, 2.45) is 0 Å². The van der Waals surface area contributed by atoms with Crippen LogP contribution in [0.5, 0.6) is 5.75 Å². The summed E-state index contributed by atoms with van der Waals surface area (Å²) in [5.41, 5.74) is 0.220. The van der Waals surface area contributed by atoms with Gasteiger partial charge in [0.05, 0.1) is 6.61 Å². The Morgan fingerprint density at radius 1 is 1.47 bits per heavy atom. The predicted octanol–water partition coefficient (Wildman–Crippen LogP) is 2.68. The van der Waals surface area contributed by atoms with Crippen molar-refractivity contribution >= 4 is 17.7 Å². The van der Waals surface area contributed by atoms with E-state index in [1.165, 1.54) is 0 Å². The smallest absolute Gasteiger partial charge is 0.341 e. The number of thioether (sulfide) groups is 1. The van der Waals surface area contributed by atoms with E-state index in [0.717, 1.165) is 10.6 Å². The van der Waals surface area contributed by atoms with E-state index < -0.39 is 5.97 Å². The van der Waals surface area contributed by atoms with Gasteiger partial charge in [0.2, 0.25) is 0 Å². The average Bonchev–Trinajstić information content (AvgIpc) is 2.18. The lowest BCUT2D eigenvalue weighted by Gasteiger charge is -2.05. The molecule has 1 aromatic rings. The van der Waals surface area contributed by atoms with Gasteiger partial charge in [0.1, 0.15) is 11.3 Å². The molecule has 0 aliphatic rings. The van der Waals surface area contributed by atoms with E-state index in [0.29, 0.717) is 6.61 Å². The molecule has 0 aromatic heterocycles. The summed E-state index contributed by atoms with van der Waals surface area (Å²) in [5, 5.41) is 9.60. The van der Waals surface area contributed by atoms with Crippen LogP contribution in [0.15, 0.2) is 23.1 Å². The molecular weight excluding hydrogens is 212 g/mol. The van der Waals surface area contributed by atoms with Gasteiger partial charge < -0.3 is 9.84 Å². The van der Waals surface area contributed by atoms with Crippen LogP contribution in [-0.4, -0.2) is 23.4 Å². The molecule has 0 amide bonds. The van der Waals surface area contributed by atoms with Crippen molar-refractivity contribution in [3.63, 3.8) is 0 Å². The first kappa shape index (κ1) is 11.9. The maximum absolute atomic E-state index is 11.3. The third-order valence-corrected chi connectivity index (χ3v) is 2.65. The molecule has 1 rings (SSSR count). The fraction of sp³-hybridized carbons (Fsp3) is 0.364. The normalized spacial score (nSPS) is 10.0. The Morgan fingerprint density at radius 2 is 2.20 bits per heavy atom. The molecule has 0 radical (unpaired) electrons. The zero-order chi connectivity index (χ0) is 11.3. The summed E-state index contributed by atoms with van der Waals surface area (Å²) in [6.45, 7) is 4.07. The minimum absolute atomic E-state index is 0.0214. The van der Waals surface area contributed by atoms with Gasteiger partial charge in [0, 0.05) is 4.90 Å². The molecule has 0 saturated carbocycles. The Labute approximate surface area is 93.4 Å². The number of carbonyl (C=O) groups excluding carboxylic acids is 1. The number of hydrogen-bond acceptors (Lipinski definition) is 4. The molecular formula is C11H14O3S. The molecule has 1 N–H and O–H groups in total. The lowest BCUT2D eigenvalue weighted by atomic mass is 10.2. The highest BCUT2D eigenvalue weighted by molar-refractivity contribution is 7.99. The number of phenols is 1. The fourth-order valence-electron chi connectivity index (χ4n) is 1.15. The lowest BCUT2D eigenvalue weighted by Crippen LogP contribution is -2.04. The minimum atomic E-state index is -0.483. The largest absolute Gasteiger partial charge is 0.507 e. The van der Waals surface area contributed by atoms with Crippen LogP contribution >= 0.6 is 11.8 Å². The molecule has 0 spiro atoms. The lowest BCUT2D eigenvalue weighted by molar-refractivity contribution is 0.0523. The van der Waals surface area contributed by atoms with Gasteiger partial charge in [-0.05, 0) is 30.9 Å². The van der Waals surface area contributed by atoms with Gasteiger partial charge in [-0.25, -0.2) is 4.79 Å². The van der Waals surface area contributed by atoms with Crippen molar-refractivity contribution in [3.05, 3.63) is 23.8 Å². The quantitative estimate of drug-likeness (QED) is 0.633. The zero-order valence-corrected chi connectivity index (χ0v) is 9.63. The highest BCUT2D eigenvalue weighted by Crippen LogP contribution is 2.26. The molecule has 0 atom stereocenters. The van der Waals surface area contributed by atoms with E-state index in [1.807, 2.05) is 6.92 Å². The number of esters is 1. The number of benzene rings is 1. The van der Waals surface area contributed by atoms with E-state index in [1.54, 1.807) is 36.9 Å². The number of rotatable bonds is 4. The summed E-state index contributed by atoms with van der Waals surface area (Å²) >= 11 is 1.61. The van der Waals surface area contributed by atoms with Crippen LogP contribution in [0.4, 0.5) is 0 Å². The van der Waals surface area contributed by atoms with Crippen LogP contribution in [0.25, 0.3) is 0 Å². The van der Waals surface area contributed by atoms with Gasteiger partial charge in [-0.15, -0.1) is 11.8 Å². The molecule has 0 heterocycles. The van der Waals surface area contributed by atoms with Crippen LogP contribution < -0.4 is 0 Å². The Balaban J connectivity index is 2.87. The molecule has 0 fully saturated rings. The number of phenolic OH excluding ortho intramolecular Hbond substituents is 1. The van der Waals surface area contributed by atoms with E-state index in [-0.39, 0.29) is 11.3 Å².